The largest absolute Gasteiger partial charge is 0.467 e. The molecule has 10 nitrogen and oxygen atoms in total. The Kier molecular flexibility index (Phi) is 6.19. The van der Waals surface area contributed by atoms with Crippen LogP contribution >= 0.6 is 0 Å². The average molecular weight is 476 g/mol. The van der Waals surface area contributed by atoms with Gasteiger partial charge in [-0.2, -0.15) is 5.10 Å². The molecule has 4 amide bonds. The number of nitrogens with one attached hydrogen (secondary N) is 2. The predicted molar refractivity (Wildman–Crippen MR) is 123 cm³/mol. The van der Waals surface area contributed by atoms with Gasteiger partial charge >= 0.3 is 6.03 Å². The third-order valence-corrected chi connectivity index (χ3v) is 5.91. The number of hydrogen-bond donors (Lipinski definition) is 2. The van der Waals surface area contributed by atoms with E-state index in [4.69, 9.17) is 14.2 Å². The summed E-state index contributed by atoms with van der Waals surface area (Å²) in [5, 5.41) is 8.47. The van der Waals surface area contributed by atoms with E-state index in [1.54, 1.807) is 30.5 Å². The number of benzene rings is 2. The zero-order chi connectivity index (χ0) is 24.3. The van der Waals surface area contributed by atoms with Gasteiger partial charge in [0, 0.05) is 25.4 Å². The highest BCUT2D eigenvalue weighted by Crippen LogP contribution is 2.31. The Morgan fingerprint density at radius 3 is 2.23 bits per heavy atom. The SMILES string of the molecule is O=C1NC(=O)C(CC2CCCO2)(Oc2ccc(Oc3ccc(Cn4cccn4)cc3)cc2)C(=O)N1. The second-order valence-electron chi connectivity index (χ2n) is 8.43. The minimum absolute atomic E-state index is 0.00107. The number of urea groups is 1. The minimum Gasteiger partial charge on any atom is -0.467 e. The van der Waals surface area contributed by atoms with Gasteiger partial charge < -0.3 is 14.2 Å². The van der Waals surface area contributed by atoms with Gasteiger partial charge in [-0.15, -0.1) is 0 Å². The van der Waals surface area contributed by atoms with Crippen LogP contribution in [0.25, 0.3) is 0 Å². The van der Waals surface area contributed by atoms with Crippen molar-refractivity contribution in [1.82, 2.24) is 20.4 Å². The van der Waals surface area contributed by atoms with Gasteiger partial charge in [-0.05, 0) is 60.9 Å². The molecular weight excluding hydrogens is 452 g/mol. The quantitative estimate of drug-likeness (QED) is 0.480. The number of imide groups is 2. The van der Waals surface area contributed by atoms with E-state index in [0.717, 1.165) is 12.0 Å². The molecule has 3 heterocycles. The second-order valence-corrected chi connectivity index (χ2v) is 8.43. The van der Waals surface area contributed by atoms with Gasteiger partial charge in [-0.1, -0.05) is 12.1 Å². The van der Waals surface area contributed by atoms with Crippen LogP contribution < -0.4 is 20.1 Å². The van der Waals surface area contributed by atoms with E-state index in [1.807, 2.05) is 41.2 Å². The van der Waals surface area contributed by atoms with E-state index in [0.29, 0.717) is 31.1 Å². The molecular formula is C25H24N4O6. The van der Waals surface area contributed by atoms with Gasteiger partial charge in [0.15, 0.2) is 0 Å². The summed E-state index contributed by atoms with van der Waals surface area (Å²) in [5.74, 6) is -0.125. The first kappa shape index (κ1) is 22.6. The lowest BCUT2D eigenvalue weighted by Crippen LogP contribution is -2.69. The zero-order valence-corrected chi connectivity index (χ0v) is 18.8. The Balaban J connectivity index is 1.27. The van der Waals surface area contributed by atoms with Crippen molar-refractivity contribution in [2.75, 3.05) is 6.61 Å². The highest BCUT2D eigenvalue weighted by atomic mass is 16.5. The maximum Gasteiger partial charge on any atom is 0.328 e. The van der Waals surface area contributed by atoms with Crippen LogP contribution in [0.3, 0.4) is 0 Å². The molecule has 180 valence electrons. The molecule has 0 saturated carbocycles. The number of amides is 4. The first-order chi connectivity index (χ1) is 17.0. The summed E-state index contributed by atoms with van der Waals surface area (Å²) in [6.45, 7) is 1.22. The third kappa shape index (κ3) is 5.02. The summed E-state index contributed by atoms with van der Waals surface area (Å²) in [4.78, 5) is 37.1. The number of aromatic nitrogens is 2. The van der Waals surface area contributed by atoms with Crippen molar-refractivity contribution in [2.45, 2.75) is 37.5 Å². The highest BCUT2D eigenvalue weighted by Gasteiger charge is 2.54. The normalized spacial score (nSPS) is 19.2. The van der Waals surface area contributed by atoms with Crippen LogP contribution in [0.5, 0.6) is 17.2 Å². The number of carbonyl (C=O) groups is 3. The van der Waals surface area contributed by atoms with Gasteiger partial charge in [0.2, 0.25) is 0 Å². The first-order valence-corrected chi connectivity index (χ1v) is 11.3. The molecule has 2 saturated heterocycles. The first-order valence-electron chi connectivity index (χ1n) is 11.3. The summed E-state index contributed by atoms with van der Waals surface area (Å²) in [7, 11) is 0. The lowest BCUT2D eigenvalue weighted by atomic mass is 9.91. The van der Waals surface area contributed by atoms with Crippen molar-refractivity contribution in [3.63, 3.8) is 0 Å². The summed E-state index contributed by atoms with van der Waals surface area (Å²) in [5.41, 5.74) is -0.820. The zero-order valence-electron chi connectivity index (χ0n) is 18.8. The molecule has 2 fully saturated rings. The number of rotatable bonds is 8. The Bertz CT molecular complexity index is 1180. The molecule has 1 aromatic heterocycles. The van der Waals surface area contributed by atoms with Crippen LogP contribution in [0.2, 0.25) is 0 Å². The van der Waals surface area contributed by atoms with Crippen LogP contribution in [-0.4, -0.2) is 45.9 Å². The molecule has 1 atom stereocenters. The van der Waals surface area contributed by atoms with Gasteiger partial charge in [0.05, 0.1) is 12.6 Å². The van der Waals surface area contributed by atoms with Crippen molar-refractivity contribution in [3.05, 3.63) is 72.6 Å². The molecule has 3 aromatic rings. The Morgan fingerprint density at radius 1 is 0.971 bits per heavy atom. The highest BCUT2D eigenvalue weighted by molar-refractivity contribution is 6.21. The Morgan fingerprint density at radius 2 is 1.63 bits per heavy atom. The van der Waals surface area contributed by atoms with Crippen molar-refractivity contribution >= 4 is 17.8 Å². The molecule has 10 heteroatoms. The van der Waals surface area contributed by atoms with E-state index in [2.05, 4.69) is 15.7 Å². The van der Waals surface area contributed by atoms with E-state index in [1.165, 1.54) is 0 Å². The second kappa shape index (κ2) is 9.59. The maximum absolute atomic E-state index is 12.8. The number of nitrogens with zero attached hydrogens (tertiary/aromatic N) is 2. The van der Waals surface area contributed by atoms with Gasteiger partial charge in [0.25, 0.3) is 17.4 Å². The van der Waals surface area contributed by atoms with Crippen molar-refractivity contribution in [1.29, 1.82) is 0 Å². The fourth-order valence-electron chi connectivity index (χ4n) is 4.15. The molecule has 2 N–H and O–H groups in total. The molecule has 0 bridgehead atoms. The lowest BCUT2D eigenvalue weighted by Gasteiger charge is -2.35. The molecule has 0 radical (unpaired) electrons. The Labute approximate surface area is 201 Å². The van der Waals surface area contributed by atoms with Crippen LogP contribution in [-0.2, 0) is 20.9 Å². The van der Waals surface area contributed by atoms with E-state index in [-0.39, 0.29) is 18.3 Å². The van der Waals surface area contributed by atoms with Gasteiger partial charge in [-0.25, -0.2) is 4.79 Å². The standard InChI is InChI=1S/C25H24N4O6/c30-22-25(15-21-3-1-14-33-21,23(31)28-24(32)27-22)35-20-10-8-19(9-11-20)34-18-6-4-17(5-7-18)16-29-13-2-12-26-29/h2,4-13,21H,1,3,14-16H2,(H2,27,28,30,31,32). The number of barbiturate groups is 1. The maximum atomic E-state index is 12.8. The van der Waals surface area contributed by atoms with Crippen LogP contribution in [0.4, 0.5) is 4.79 Å². The predicted octanol–water partition coefficient (Wildman–Crippen LogP) is 2.78. The molecule has 1 unspecified atom stereocenters. The fraction of sp³-hybridized carbons (Fsp3) is 0.280. The smallest absolute Gasteiger partial charge is 0.328 e. The molecule has 2 aromatic carbocycles. The van der Waals surface area contributed by atoms with Crippen molar-refractivity contribution < 1.29 is 28.6 Å². The molecule has 35 heavy (non-hydrogen) atoms. The number of carbonyl (C=O) groups excluding carboxylic acids is 3. The molecule has 0 aliphatic carbocycles. The van der Waals surface area contributed by atoms with Crippen molar-refractivity contribution in [2.24, 2.45) is 0 Å². The van der Waals surface area contributed by atoms with E-state index in [9.17, 15) is 14.4 Å². The topological polar surface area (TPSA) is 121 Å². The van der Waals surface area contributed by atoms with Crippen LogP contribution in [0.1, 0.15) is 24.8 Å². The summed E-state index contributed by atoms with van der Waals surface area (Å²) < 4.78 is 19.3. The lowest BCUT2D eigenvalue weighted by molar-refractivity contribution is -0.154. The molecule has 5 rings (SSSR count). The molecule has 0 spiro atoms. The van der Waals surface area contributed by atoms with Crippen LogP contribution in [0.15, 0.2) is 67.0 Å². The number of hydrogen-bond acceptors (Lipinski definition) is 7. The Hall–Kier alpha value is -4.18. The van der Waals surface area contributed by atoms with E-state index < -0.39 is 23.4 Å². The summed E-state index contributed by atoms with van der Waals surface area (Å²) in [6.07, 6.45) is 4.85. The van der Waals surface area contributed by atoms with Crippen molar-refractivity contribution in [3.8, 4) is 17.2 Å². The number of ether oxygens (including phenoxy) is 3. The molecule has 2 aliphatic heterocycles. The monoisotopic (exact) mass is 476 g/mol. The summed E-state index contributed by atoms with van der Waals surface area (Å²) >= 11 is 0. The van der Waals surface area contributed by atoms with Gasteiger partial charge in [-0.3, -0.25) is 24.9 Å². The van der Waals surface area contributed by atoms with E-state index >= 15 is 0 Å². The average Bonchev–Trinajstić information content (AvgIpc) is 3.54. The van der Waals surface area contributed by atoms with Crippen LogP contribution in [0, 0.1) is 0 Å². The minimum atomic E-state index is -1.91. The molecule has 2 aliphatic rings. The summed E-state index contributed by atoms with van der Waals surface area (Å²) in [6, 6.07) is 15.2. The fourth-order valence-corrected chi connectivity index (χ4v) is 4.15. The van der Waals surface area contributed by atoms with Gasteiger partial charge in [0.1, 0.15) is 17.2 Å². The third-order valence-electron chi connectivity index (χ3n) is 5.91.